The Balaban J connectivity index is -0.00000112. The van der Waals surface area contributed by atoms with Gasteiger partial charge in [0, 0.05) is 13.0 Å². The lowest BCUT2D eigenvalue weighted by atomic mass is 10.1. The lowest BCUT2D eigenvalue weighted by Crippen LogP contribution is -2.45. The van der Waals surface area contributed by atoms with Crippen molar-refractivity contribution >= 4 is 11.9 Å². The van der Waals surface area contributed by atoms with E-state index in [9.17, 15) is 9.59 Å². The van der Waals surface area contributed by atoms with Crippen molar-refractivity contribution in [1.29, 1.82) is 0 Å². The summed E-state index contributed by atoms with van der Waals surface area (Å²) in [5.41, 5.74) is 0. The van der Waals surface area contributed by atoms with Crippen LogP contribution in [-0.4, -0.2) is 56.7 Å². The highest BCUT2D eigenvalue weighted by molar-refractivity contribution is 5.75. The van der Waals surface area contributed by atoms with Gasteiger partial charge in [-0.3, -0.25) is 4.79 Å². The third-order valence-corrected chi connectivity index (χ3v) is 3.38. The minimum atomic E-state index is -0.141. The van der Waals surface area contributed by atoms with Crippen molar-refractivity contribution in [3.05, 3.63) is 0 Å². The van der Waals surface area contributed by atoms with E-state index in [0.29, 0.717) is 24.1 Å². The van der Waals surface area contributed by atoms with E-state index in [4.69, 9.17) is 4.74 Å². The molecule has 0 bridgehead atoms. The van der Waals surface area contributed by atoms with Crippen molar-refractivity contribution in [2.45, 2.75) is 80.1 Å². The lowest BCUT2D eigenvalue weighted by molar-refractivity contribution is -0.883. The number of unbranched alkanes of at least 4 members (excludes halogenated alkanes) is 3. The zero-order valence-corrected chi connectivity index (χ0v) is 18.2. The maximum Gasteiger partial charge on any atom is 0.361 e. The second-order valence-corrected chi connectivity index (χ2v) is 6.14. The predicted octanol–water partition coefficient (Wildman–Crippen LogP) is 4.16. The first-order valence-corrected chi connectivity index (χ1v) is 10.2. The first-order valence-electron chi connectivity index (χ1n) is 10.2. The zero-order chi connectivity index (χ0) is 20.1. The molecule has 0 aromatic carbocycles. The van der Waals surface area contributed by atoms with Crippen LogP contribution in [0.15, 0.2) is 0 Å². The van der Waals surface area contributed by atoms with Gasteiger partial charge in [0.25, 0.3) is 0 Å². The molecular weight excluding hydrogens is 316 g/mol. The van der Waals surface area contributed by atoms with Gasteiger partial charge >= 0.3 is 5.97 Å². The van der Waals surface area contributed by atoms with E-state index in [2.05, 4.69) is 12.2 Å². The van der Waals surface area contributed by atoms with Crippen LogP contribution in [0.5, 0.6) is 0 Å². The van der Waals surface area contributed by atoms with Crippen LogP contribution in [0.3, 0.4) is 0 Å². The first-order chi connectivity index (χ1) is 11.9. The average molecular weight is 362 g/mol. The number of amides is 1. The number of nitrogens with zero attached hydrogens (tertiary/aromatic N) is 1. The number of likely N-dealkylation sites (N-methyl/N-ethyl adjacent to an activating group) is 1. The summed E-state index contributed by atoms with van der Waals surface area (Å²) < 4.78 is 5.62. The maximum atomic E-state index is 11.5. The van der Waals surface area contributed by atoms with Gasteiger partial charge in [-0.15, -0.1) is 0 Å². The van der Waals surface area contributed by atoms with Crippen molar-refractivity contribution < 1.29 is 18.8 Å². The van der Waals surface area contributed by atoms with Crippen LogP contribution >= 0.6 is 0 Å². The highest BCUT2D eigenvalue weighted by atomic mass is 16.5. The highest BCUT2D eigenvalue weighted by Gasteiger charge is 2.20. The van der Waals surface area contributed by atoms with Crippen molar-refractivity contribution in [3.63, 3.8) is 0 Å². The largest absolute Gasteiger partial charge is 0.462 e. The summed E-state index contributed by atoms with van der Waals surface area (Å²) in [4.78, 5) is 23.0. The van der Waals surface area contributed by atoms with Crippen LogP contribution in [0.25, 0.3) is 0 Å². The predicted molar refractivity (Wildman–Crippen MR) is 108 cm³/mol. The van der Waals surface area contributed by atoms with Gasteiger partial charge in [0.1, 0.15) is 0 Å². The molecule has 0 aromatic rings. The van der Waals surface area contributed by atoms with E-state index in [-0.39, 0.29) is 11.9 Å². The number of nitrogens with one attached hydrogen (secondary N) is 1. The Hall–Kier alpha value is -1.10. The molecule has 0 radical (unpaired) electrons. The van der Waals surface area contributed by atoms with Crippen LogP contribution in [0.4, 0.5) is 0 Å². The fraction of sp³-hybridized carbons (Fsp3) is 0.900. The SMILES string of the molecule is CC.CC.CCCCNC(=O)CCCCC[N+](C)(C)CC(=O)OCC. The smallest absolute Gasteiger partial charge is 0.361 e. The van der Waals surface area contributed by atoms with Crippen molar-refractivity contribution in [1.82, 2.24) is 5.32 Å². The summed E-state index contributed by atoms with van der Waals surface area (Å²) in [6.45, 7) is 14.5. The summed E-state index contributed by atoms with van der Waals surface area (Å²) >= 11 is 0. The molecule has 0 rings (SSSR count). The minimum absolute atomic E-state index is 0.141. The van der Waals surface area contributed by atoms with E-state index in [1.54, 1.807) is 0 Å². The molecule has 25 heavy (non-hydrogen) atoms. The van der Waals surface area contributed by atoms with Crippen molar-refractivity contribution in [2.75, 3.05) is 40.3 Å². The van der Waals surface area contributed by atoms with Gasteiger partial charge in [0.2, 0.25) is 5.91 Å². The molecule has 0 heterocycles. The molecule has 5 heteroatoms. The van der Waals surface area contributed by atoms with Gasteiger partial charge in [-0.25, -0.2) is 4.79 Å². The summed E-state index contributed by atoms with van der Waals surface area (Å²) in [6, 6.07) is 0. The molecule has 0 unspecified atom stereocenters. The quantitative estimate of drug-likeness (QED) is 0.323. The van der Waals surface area contributed by atoms with Crippen LogP contribution < -0.4 is 5.32 Å². The van der Waals surface area contributed by atoms with Gasteiger partial charge in [-0.2, -0.15) is 0 Å². The highest BCUT2D eigenvalue weighted by Crippen LogP contribution is 2.06. The van der Waals surface area contributed by atoms with E-state index >= 15 is 0 Å². The van der Waals surface area contributed by atoms with Gasteiger partial charge in [-0.05, 0) is 32.6 Å². The molecule has 1 N–H and O–H groups in total. The Kier molecular flexibility index (Phi) is 24.0. The second kappa shape index (κ2) is 20.9. The molecule has 0 spiro atoms. The van der Waals surface area contributed by atoms with Gasteiger partial charge in [0.05, 0.1) is 27.2 Å². The standard InChI is InChI=1S/C16H32N2O3.2C2H6/c1-5-7-12-17-15(19)11-9-8-10-13-18(3,4)14-16(20)21-6-2;2*1-2/h5-14H2,1-4H3;2*1-2H3/p+1. The van der Waals surface area contributed by atoms with E-state index in [1.165, 1.54) is 0 Å². The number of hydrogen-bond acceptors (Lipinski definition) is 3. The monoisotopic (exact) mass is 361 g/mol. The normalized spacial score (nSPS) is 9.92. The molecule has 152 valence electrons. The molecule has 0 aromatic heterocycles. The topological polar surface area (TPSA) is 55.4 Å². The number of ether oxygens (including phenoxy) is 1. The Morgan fingerprint density at radius 3 is 2.04 bits per heavy atom. The fourth-order valence-corrected chi connectivity index (χ4v) is 2.13. The number of quaternary nitrogens is 1. The average Bonchev–Trinajstić information content (AvgIpc) is 2.58. The minimum Gasteiger partial charge on any atom is -0.462 e. The Morgan fingerprint density at radius 1 is 0.920 bits per heavy atom. The number of carbonyl (C=O) groups is 2. The maximum absolute atomic E-state index is 11.5. The van der Waals surface area contributed by atoms with Crippen molar-refractivity contribution in [3.8, 4) is 0 Å². The first kappa shape index (κ1) is 28.7. The van der Waals surface area contributed by atoms with Crippen molar-refractivity contribution in [2.24, 2.45) is 0 Å². The van der Waals surface area contributed by atoms with Crippen LogP contribution in [-0.2, 0) is 14.3 Å². The Bertz CT molecular complexity index is 305. The number of esters is 1. The van der Waals surface area contributed by atoms with E-state index in [0.717, 1.165) is 45.2 Å². The molecule has 0 fully saturated rings. The third-order valence-electron chi connectivity index (χ3n) is 3.38. The molecule has 5 nitrogen and oxygen atoms in total. The molecule has 0 saturated carbocycles. The lowest BCUT2D eigenvalue weighted by Gasteiger charge is -2.28. The molecular formula is C20H45N2O3+. The van der Waals surface area contributed by atoms with Crippen LogP contribution in [0.2, 0.25) is 0 Å². The van der Waals surface area contributed by atoms with Gasteiger partial charge < -0.3 is 14.5 Å². The van der Waals surface area contributed by atoms with Crippen LogP contribution in [0.1, 0.15) is 80.1 Å². The second-order valence-electron chi connectivity index (χ2n) is 6.14. The number of hydrogen-bond donors (Lipinski definition) is 1. The molecule has 0 saturated heterocycles. The Morgan fingerprint density at radius 2 is 1.52 bits per heavy atom. The Labute approximate surface area is 157 Å². The number of rotatable bonds is 12. The van der Waals surface area contributed by atoms with Crippen LogP contribution in [0, 0.1) is 0 Å². The van der Waals surface area contributed by atoms with E-state index < -0.39 is 0 Å². The summed E-state index contributed by atoms with van der Waals surface area (Å²) in [5, 5.41) is 2.93. The molecule has 0 aliphatic rings. The number of carbonyl (C=O) groups excluding carboxylic acids is 2. The summed E-state index contributed by atoms with van der Waals surface area (Å²) in [5.74, 6) is 0.0153. The van der Waals surface area contributed by atoms with Gasteiger partial charge in [0.15, 0.2) is 6.54 Å². The molecule has 0 aliphatic carbocycles. The molecule has 1 amide bonds. The summed E-state index contributed by atoms with van der Waals surface area (Å²) in [6.07, 6.45) is 5.71. The summed E-state index contributed by atoms with van der Waals surface area (Å²) in [7, 11) is 4.07. The third kappa shape index (κ3) is 22.9. The van der Waals surface area contributed by atoms with E-state index in [1.807, 2.05) is 48.7 Å². The molecule has 0 aliphatic heterocycles. The van der Waals surface area contributed by atoms with Gasteiger partial charge in [-0.1, -0.05) is 41.0 Å². The fourth-order valence-electron chi connectivity index (χ4n) is 2.13. The molecule has 0 atom stereocenters. The zero-order valence-electron chi connectivity index (χ0n) is 18.2.